The van der Waals surface area contributed by atoms with Gasteiger partial charge in [-0.15, -0.1) is 0 Å². The van der Waals surface area contributed by atoms with E-state index in [0.717, 1.165) is 16.6 Å². The van der Waals surface area contributed by atoms with Crippen molar-refractivity contribution in [3.8, 4) is 0 Å². The summed E-state index contributed by atoms with van der Waals surface area (Å²) in [6, 6.07) is 12.8. The second kappa shape index (κ2) is 5.52. The van der Waals surface area contributed by atoms with E-state index < -0.39 is 5.76 Å². The fourth-order valence-electron chi connectivity index (χ4n) is 2.28. The SMILES string of the molecule is Cc1ccc(C(=O)NCc2ccc3c(c2)oc(=O)n3C)cc1. The normalized spacial score (nSPS) is 10.8. The van der Waals surface area contributed by atoms with Crippen molar-refractivity contribution >= 4 is 17.0 Å². The molecule has 22 heavy (non-hydrogen) atoms. The Morgan fingerprint density at radius 1 is 1.18 bits per heavy atom. The van der Waals surface area contributed by atoms with E-state index in [1.54, 1.807) is 25.2 Å². The van der Waals surface area contributed by atoms with Crippen molar-refractivity contribution in [3.63, 3.8) is 0 Å². The van der Waals surface area contributed by atoms with Crippen molar-refractivity contribution in [2.24, 2.45) is 7.05 Å². The predicted octanol–water partition coefficient (Wildman–Crippen LogP) is 2.37. The molecule has 1 amide bonds. The van der Waals surface area contributed by atoms with Crippen molar-refractivity contribution in [1.29, 1.82) is 0 Å². The molecule has 2 aromatic carbocycles. The van der Waals surface area contributed by atoms with E-state index in [4.69, 9.17) is 4.42 Å². The monoisotopic (exact) mass is 296 g/mol. The number of hydrogen-bond acceptors (Lipinski definition) is 3. The number of benzene rings is 2. The third kappa shape index (κ3) is 2.65. The molecule has 3 aromatic rings. The Bertz CT molecular complexity index is 888. The van der Waals surface area contributed by atoms with Crippen LogP contribution in [0.1, 0.15) is 21.5 Å². The van der Waals surface area contributed by atoms with Gasteiger partial charge in [0.05, 0.1) is 5.52 Å². The van der Waals surface area contributed by atoms with Crippen LogP contribution in [0.5, 0.6) is 0 Å². The Morgan fingerprint density at radius 2 is 1.91 bits per heavy atom. The van der Waals surface area contributed by atoms with Gasteiger partial charge in [0.25, 0.3) is 5.91 Å². The first-order valence-electron chi connectivity index (χ1n) is 6.98. The molecule has 0 unspecified atom stereocenters. The lowest BCUT2D eigenvalue weighted by atomic mass is 10.1. The Kier molecular flexibility index (Phi) is 3.55. The Morgan fingerprint density at radius 3 is 2.64 bits per heavy atom. The van der Waals surface area contributed by atoms with E-state index in [0.29, 0.717) is 17.7 Å². The van der Waals surface area contributed by atoms with Gasteiger partial charge in [-0.3, -0.25) is 9.36 Å². The van der Waals surface area contributed by atoms with Gasteiger partial charge in [-0.2, -0.15) is 0 Å². The maximum atomic E-state index is 12.1. The van der Waals surface area contributed by atoms with Crippen LogP contribution in [0, 0.1) is 6.92 Å². The summed E-state index contributed by atoms with van der Waals surface area (Å²) < 4.78 is 6.59. The first-order valence-corrected chi connectivity index (χ1v) is 6.98. The van der Waals surface area contributed by atoms with Crippen LogP contribution in [0.25, 0.3) is 11.1 Å². The molecule has 3 rings (SSSR count). The molecule has 5 nitrogen and oxygen atoms in total. The van der Waals surface area contributed by atoms with Crippen LogP contribution >= 0.6 is 0 Å². The summed E-state index contributed by atoms with van der Waals surface area (Å²) in [5.41, 5.74) is 3.87. The van der Waals surface area contributed by atoms with E-state index in [1.807, 2.05) is 31.2 Å². The average molecular weight is 296 g/mol. The van der Waals surface area contributed by atoms with E-state index >= 15 is 0 Å². The quantitative estimate of drug-likeness (QED) is 0.807. The predicted molar refractivity (Wildman–Crippen MR) is 83.8 cm³/mol. The lowest BCUT2D eigenvalue weighted by Crippen LogP contribution is -2.22. The van der Waals surface area contributed by atoms with Crippen molar-refractivity contribution in [2.45, 2.75) is 13.5 Å². The van der Waals surface area contributed by atoms with Gasteiger partial charge in [-0.05, 0) is 36.8 Å². The number of oxazole rings is 1. The smallest absolute Gasteiger partial charge is 0.408 e. The van der Waals surface area contributed by atoms with E-state index in [1.165, 1.54) is 4.57 Å². The molecule has 0 saturated carbocycles. The van der Waals surface area contributed by atoms with Crippen molar-refractivity contribution in [2.75, 3.05) is 0 Å². The molecule has 0 radical (unpaired) electrons. The number of aromatic nitrogens is 1. The summed E-state index contributed by atoms with van der Waals surface area (Å²) in [6.07, 6.45) is 0. The molecule has 1 aromatic heterocycles. The second-order valence-corrected chi connectivity index (χ2v) is 5.28. The maximum absolute atomic E-state index is 12.1. The molecule has 0 aliphatic rings. The lowest BCUT2D eigenvalue weighted by molar-refractivity contribution is 0.0951. The molecular formula is C17H16N2O3. The highest BCUT2D eigenvalue weighted by molar-refractivity contribution is 5.94. The molecule has 0 aliphatic heterocycles. The fourth-order valence-corrected chi connectivity index (χ4v) is 2.28. The molecule has 0 aliphatic carbocycles. The molecule has 1 heterocycles. The van der Waals surface area contributed by atoms with Crippen LogP contribution in [0.3, 0.4) is 0 Å². The molecule has 0 spiro atoms. The van der Waals surface area contributed by atoms with Gasteiger partial charge in [0.15, 0.2) is 5.58 Å². The maximum Gasteiger partial charge on any atom is 0.419 e. The summed E-state index contributed by atoms with van der Waals surface area (Å²) >= 11 is 0. The molecule has 0 atom stereocenters. The van der Waals surface area contributed by atoms with Crippen LogP contribution in [0.4, 0.5) is 0 Å². The largest absolute Gasteiger partial charge is 0.419 e. The summed E-state index contributed by atoms with van der Waals surface area (Å²) in [4.78, 5) is 23.5. The summed E-state index contributed by atoms with van der Waals surface area (Å²) in [5.74, 6) is -0.523. The zero-order chi connectivity index (χ0) is 15.7. The zero-order valence-corrected chi connectivity index (χ0v) is 12.4. The van der Waals surface area contributed by atoms with E-state index in [-0.39, 0.29) is 5.91 Å². The van der Waals surface area contributed by atoms with Crippen LogP contribution in [0.15, 0.2) is 51.7 Å². The average Bonchev–Trinajstić information content (AvgIpc) is 2.80. The molecular weight excluding hydrogens is 280 g/mol. The molecule has 0 fully saturated rings. The van der Waals surface area contributed by atoms with Crippen LogP contribution in [-0.4, -0.2) is 10.5 Å². The topological polar surface area (TPSA) is 64.2 Å². The third-order valence-corrected chi connectivity index (χ3v) is 3.62. The van der Waals surface area contributed by atoms with Crippen molar-refractivity contribution < 1.29 is 9.21 Å². The van der Waals surface area contributed by atoms with Gasteiger partial charge in [0.1, 0.15) is 0 Å². The minimum atomic E-state index is -0.393. The van der Waals surface area contributed by atoms with Gasteiger partial charge in [-0.1, -0.05) is 23.8 Å². The van der Waals surface area contributed by atoms with Gasteiger partial charge < -0.3 is 9.73 Å². The van der Waals surface area contributed by atoms with Crippen LogP contribution < -0.4 is 11.1 Å². The van der Waals surface area contributed by atoms with Gasteiger partial charge in [-0.25, -0.2) is 4.79 Å². The zero-order valence-electron chi connectivity index (χ0n) is 12.4. The van der Waals surface area contributed by atoms with Crippen LogP contribution in [0.2, 0.25) is 0 Å². The summed E-state index contributed by atoms with van der Waals surface area (Å²) in [6.45, 7) is 2.35. The lowest BCUT2D eigenvalue weighted by Gasteiger charge is -2.06. The number of aryl methyl sites for hydroxylation is 2. The Hall–Kier alpha value is -2.82. The molecule has 1 N–H and O–H groups in total. The number of carbonyl (C=O) groups is 1. The standard InChI is InChI=1S/C17H16N2O3/c1-11-3-6-13(7-4-11)16(20)18-10-12-5-8-14-15(9-12)22-17(21)19(14)2/h3-9H,10H2,1-2H3,(H,18,20). The van der Waals surface area contributed by atoms with E-state index in [2.05, 4.69) is 5.32 Å². The molecule has 0 bridgehead atoms. The minimum absolute atomic E-state index is 0.130. The number of fused-ring (bicyclic) bond motifs is 1. The highest BCUT2D eigenvalue weighted by atomic mass is 16.4. The van der Waals surface area contributed by atoms with E-state index in [9.17, 15) is 9.59 Å². The molecule has 112 valence electrons. The molecule has 5 heteroatoms. The number of rotatable bonds is 3. The Labute approximate surface area is 127 Å². The van der Waals surface area contributed by atoms with Gasteiger partial charge in [0, 0.05) is 19.2 Å². The Balaban J connectivity index is 1.74. The van der Waals surface area contributed by atoms with Crippen LogP contribution in [-0.2, 0) is 13.6 Å². The minimum Gasteiger partial charge on any atom is -0.408 e. The van der Waals surface area contributed by atoms with Crippen molar-refractivity contribution in [1.82, 2.24) is 9.88 Å². The number of carbonyl (C=O) groups excluding carboxylic acids is 1. The number of amides is 1. The van der Waals surface area contributed by atoms with Gasteiger partial charge >= 0.3 is 5.76 Å². The molecule has 0 saturated heterocycles. The second-order valence-electron chi connectivity index (χ2n) is 5.28. The number of nitrogens with zero attached hydrogens (tertiary/aromatic N) is 1. The van der Waals surface area contributed by atoms with Crippen molar-refractivity contribution in [3.05, 3.63) is 69.7 Å². The highest BCUT2D eigenvalue weighted by Crippen LogP contribution is 2.14. The first kappa shape index (κ1) is 14.1. The summed E-state index contributed by atoms with van der Waals surface area (Å²) in [7, 11) is 1.66. The first-order chi connectivity index (χ1) is 10.5. The highest BCUT2D eigenvalue weighted by Gasteiger charge is 2.08. The third-order valence-electron chi connectivity index (χ3n) is 3.62. The van der Waals surface area contributed by atoms with Gasteiger partial charge in [0.2, 0.25) is 0 Å². The number of hydrogen-bond donors (Lipinski definition) is 1. The fraction of sp³-hybridized carbons (Fsp3) is 0.176. The summed E-state index contributed by atoms with van der Waals surface area (Å²) in [5, 5.41) is 2.86. The number of nitrogens with one attached hydrogen (secondary N) is 1.